The second kappa shape index (κ2) is 9.75. The van der Waals surface area contributed by atoms with E-state index in [2.05, 4.69) is 51.7 Å². The van der Waals surface area contributed by atoms with Crippen LogP contribution in [-0.2, 0) is 11.2 Å². The Balaban J connectivity index is 1.29. The van der Waals surface area contributed by atoms with E-state index in [0.717, 1.165) is 70.0 Å². The number of benzene rings is 4. The lowest BCUT2D eigenvalue weighted by atomic mass is 9.85. The maximum absolute atomic E-state index is 14.6. The second-order valence-corrected chi connectivity index (χ2v) is 10.5. The minimum absolute atomic E-state index is 0.109. The maximum Gasteiger partial charge on any atom is 0.227 e. The van der Waals surface area contributed by atoms with Crippen molar-refractivity contribution < 1.29 is 9.18 Å². The standard InChI is InChI=1S/C33H28FN5O/c1-2-19-15-22(17-23(16-19)35-33(40)20-7-5-8-20)21-13-14-28-26(18-21)31(39-38-28)32-36-29-12-6-10-25(30(29)37-32)24-9-3-4-11-27(24)34/h3-4,6,9-18,20H,2,5,7-8H2,1H3,(H,35,40)(H,36,37)(H,38,39). The van der Waals surface area contributed by atoms with Gasteiger partial charge in [0, 0.05) is 28.1 Å². The molecule has 0 aliphatic heterocycles. The van der Waals surface area contributed by atoms with Gasteiger partial charge in [0.05, 0.1) is 16.6 Å². The first-order chi connectivity index (χ1) is 19.6. The molecule has 1 fully saturated rings. The summed E-state index contributed by atoms with van der Waals surface area (Å²) in [5.41, 5.74) is 8.36. The summed E-state index contributed by atoms with van der Waals surface area (Å²) >= 11 is 0. The van der Waals surface area contributed by atoms with E-state index in [1.807, 2.05) is 36.4 Å². The highest BCUT2D eigenvalue weighted by Crippen LogP contribution is 2.35. The van der Waals surface area contributed by atoms with E-state index in [-0.39, 0.29) is 17.6 Å². The molecule has 2 heterocycles. The zero-order chi connectivity index (χ0) is 27.2. The van der Waals surface area contributed by atoms with Crippen LogP contribution < -0.4 is 5.32 Å². The van der Waals surface area contributed by atoms with E-state index in [1.54, 1.807) is 12.1 Å². The lowest BCUT2D eigenvalue weighted by Gasteiger charge is -2.24. The quantitative estimate of drug-likeness (QED) is 0.205. The van der Waals surface area contributed by atoms with Crippen molar-refractivity contribution in [3.05, 3.63) is 90.2 Å². The molecule has 1 aliphatic carbocycles. The number of hydrogen-bond acceptors (Lipinski definition) is 3. The van der Waals surface area contributed by atoms with Gasteiger partial charge in [-0.05, 0) is 72.4 Å². The molecular formula is C33H28FN5O. The molecule has 7 rings (SSSR count). The molecule has 0 spiro atoms. The van der Waals surface area contributed by atoms with Crippen LogP contribution in [0.3, 0.4) is 0 Å². The molecule has 1 amide bonds. The summed E-state index contributed by atoms with van der Waals surface area (Å²) in [6.45, 7) is 2.12. The molecule has 198 valence electrons. The number of carbonyl (C=O) groups is 1. The summed E-state index contributed by atoms with van der Waals surface area (Å²) in [7, 11) is 0. The van der Waals surface area contributed by atoms with Gasteiger partial charge in [0.2, 0.25) is 5.91 Å². The molecular weight excluding hydrogens is 501 g/mol. The first-order valence-corrected chi connectivity index (χ1v) is 13.7. The summed E-state index contributed by atoms with van der Waals surface area (Å²) in [6, 6.07) is 24.9. The summed E-state index contributed by atoms with van der Waals surface area (Å²) < 4.78 is 14.6. The first-order valence-electron chi connectivity index (χ1n) is 13.7. The van der Waals surface area contributed by atoms with Crippen LogP contribution in [0.5, 0.6) is 0 Å². The third-order valence-electron chi connectivity index (χ3n) is 7.94. The summed E-state index contributed by atoms with van der Waals surface area (Å²) in [5.74, 6) is 0.559. The number of para-hydroxylation sites is 1. The number of halogens is 1. The van der Waals surface area contributed by atoms with Gasteiger partial charge in [-0.25, -0.2) is 9.37 Å². The lowest BCUT2D eigenvalue weighted by molar-refractivity contribution is -0.122. The van der Waals surface area contributed by atoms with E-state index < -0.39 is 0 Å². The largest absolute Gasteiger partial charge is 0.337 e. The van der Waals surface area contributed by atoms with Gasteiger partial charge in [-0.2, -0.15) is 5.10 Å². The van der Waals surface area contributed by atoms with Gasteiger partial charge in [0.1, 0.15) is 11.5 Å². The molecule has 1 saturated carbocycles. The minimum atomic E-state index is -0.285. The van der Waals surface area contributed by atoms with Crippen LogP contribution in [0.4, 0.5) is 10.1 Å². The van der Waals surface area contributed by atoms with E-state index in [0.29, 0.717) is 22.6 Å². The number of H-pyrrole nitrogens is 2. The molecule has 6 aromatic rings. The van der Waals surface area contributed by atoms with Crippen LogP contribution in [-0.4, -0.2) is 26.1 Å². The van der Waals surface area contributed by atoms with Crippen LogP contribution in [0, 0.1) is 11.7 Å². The molecule has 2 aromatic heterocycles. The zero-order valence-electron chi connectivity index (χ0n) is 22.1. The van der Waals surface area contributed by atoms with Crippen molar-refractivity contribution in [3.63, 3.8) is 0 Å². The highest BCUT2D eigenvalue weighted by atomic mass is 19.1. The molecule has 1 aliphatic rings. The van der Waals surface area contributed by atoms with Gasteiger partial charge in [0.15, 0.2) is 5.82 Å². The summed E-state index contributed by atoms with van der Waals surface area (Å²) in [4.78, 5) is 20.9. The Morgan fingerprint density at radius 1 is 0.950 bits per heavy atom. The average molecular weight is 530 g/mol. The van der Waals surface area contributed by atoms with Gasteiger partial charge in [-0.1, -0.05) is 55.8 Å². The van der Waals surface area contributed by atoms with Crippen molar-refractivity contribution >= 4 is 33.5 Å². The van der Waals surface area contributed by atoms with Crippen molar-refractivity contribution in [2.75, 3.05) is 5.32 Å². The van der Waals surface area contributed by atoms with E-state index in [1.165, 1.54) is 6.07 Å². The van der Waals surface area contributed by atoms with Gasteiger partial charge < -0.3 is 10.3 Å². The van der Waals surface area contributed by atoms with Crippen LogP contribution in [0.2, 0.25) is 0 Å². The average Bonchev–Trinajstić information content (AvgIpc) is 3.56. The topological polar surface area (TPSA) is 86.5 Å². The smallest absolute Gasteiger partial charge is 0.227 e. The molecule has 0 unspecified atom stereocenters. The number of aromatic nitrogens is 4. The Morgan fingerprint density at radius 2 is 1.80 bits per heavy atom. The summed E-state index contributed by atoms with van der Waals surface area (Å²) in [6.07, 6.45) is 3.93. The number of nitrogens with zero attached hydrogens (tertiary/aromatic N) is 2. The van der Waals surface area contributed by atoms with Crippen LogP contribution >= 0.6 is 0 Å². The Kier molecular flexibility index (Phi) is 5.92. The molecule has 6 nitrogen and oxygen atoms in total. The van der Waals surface area contributed by atoms with Crippen molar-refractivity contribution in [2.24, 2.45) is 5.92 Å². The number of anilines is 1. The molecule has 0 radical (unpaired) electrons. The van der Waals surface area contributed by atoms with Crippen LogP contribution in [0.25, 0.3) is 55.7 Å². The first kappa shape index (κ1) is 24.3. The zero-order valence-corrected chi connectivity index (χ0v) is 22.1. The molecule has 0 bridgehead atoms. The van der Waals surface area contributed by atoms with Crippen molar-refractivity contribution in [3.8, 4) is 33.8 Å². The third-order valence-corrected chi connectivity index (χ3v) is 7.94. The molecule has 0 saturated heterocycles. The highest BCUT2D eigenvalue weighted by Gasteiger charge is 2.25. The number of carbonyl (C=O) groups excluding carboxylic acids is 1. The van der Waals surface area contributed by atoms with Gasteiger partial charge >= 0.3 is 0 Å². The number of amides is 1. The normalized spacial score (nSPS) is 13.6. The predicted octanol–water partition coefficient (Wildman–Crippen LogP) is 7.88. The fourth-order valence-electron chi connectivity index (χ4n) is 5.47. The molecule has 4 aromatic carbocycles. The third kappa shape index (κ3) is 4.24. The maximum atomic E-state index is 14.6. The second-order valence-electron chi connectivity index (χ2n) is 10.5. The number of nitrogens with one attached hydrogen (secondary N) is 3. The Hall–Kier alpha value is -4.78. The number of hydrogen-bond donors (Lipinski definition) is 3. The molecule has 7 heteroatoms. The number of aromatic amines is 2. The van der Waals surface area contributed by atoms with Crippen LogP contribution in [0.15, 0.2) is 78.9 Å². The Bertz CT molecular complexity index is 1900. The SMILES string of the molecule is CCc1cc(NC(=O)C2CCC2)cc(-c2ccc3[nH]nc(-c4nc5c(-c6ccccc6F)cccc5[nH]4)c3c2)c1. The fraction of sp³-hybridized carbons (Fsp3) is 0.182. The summed E-state index contributed by atoms with van der Waals surface area (Å²) in [5, 5.41) is 11.8. The van der Waals surface area contributed by atoms with E-state index in [4.69, 9.17) is 4.98 Å². The van der Waals surface area contributed by atoms with Gasteiger partial charge in [-0.3, -0.25) is 9.89 Å². The van der Waals surface area contributed by atoms with Crippen molar-refractivity contribution in [2.45, 2.75) is 32.6 Å². The predicted molar refractivity (Wildman–Crippen MR) is 157 cm³/mol. The van der Waals surface area contributed by atoms with E-state index >= 15 is 0 Å². The van der Waals surface area contributed by atoms with E-state index in [9.17, 15) is 9.18 Å². The van der Waals surface area contributed by atoms with Crippen LogP contribution in [0.1, 0.15) is 31.7 Å². The fourth-order valence-corrected chi connectivity index (χ4v) is 5.47. The van der Waals surface area contributed by atoms with Crippen molar-refractivity contribution in [1.82, 2.24) is 20.2 Å². The number of rotatable bonds is 6. The minimum Gasteiger partial charge on any atom is -0.337 e. The monoisotopic (exact) mass is 529 g/mol. The Labute approximate surface area is 230 Å². The molecule has 3 N–H and O–H groups in total. The van der Waals surface area contributed by atoms with Crippen molar-refractivity contribution in [1.29, 1.82) is 0 Å². The van der Waals surface area contributed by atoms with Gasteiger partial charge in [-0.15, -0.1) is 0 Å². The number of fused-ring (bicyclic) bond motifs is 2. The molecule has 0 atom stereocenters. The highest BCUT2D eigenvalue weighted by molar-refractivity contribution is 5.99. The lowest BCUT2D eigenvalue weighted by Crippen LogP contribution is -2.28. The van der Waals surface area contributed by atoms with Gasteiger partial charge in [0.25, 0.3) is 0 Å². The Morgan fingerprint density at radius 3 is 2.60 bits per heavy atom. The molecule has 40 heavy (non-hydrogen) atoms. The number of imidazole rings is 1. The number of aryl methyl sites for hydroxylation is 1.